The summed E-state index contributed by atoms with van der Waals surface area (Å²) in [7, 11) is -3.49. The van der Waals surface area contributed by atoms with E-state index in [1.165, 1.54) is 28.6 Å². The fraction of sp³-hybridized carbons (Fsp3) is 0.467. The highest BCUT2D eigenvalue weighted by atomic mass is 32.2. The predicted octanol–water partition coefficient (Wildman–Crippen LogP) is 0.888. The SMILES string of the molecule is CC(C)C(=O)NNC(=O)c1ccc(S(=O)(=O)N2CCCC2)cc1. The number of benzene rings is 1. The zero-order valence-corrected chi connectivity index (χ0v) is 14.0. The van der Waals surface area contributed by atoms with Crippen molar-refractivity contribution in [3.63, 3.8) is 0 Å². The number of rotatable bonds is 4. The summed E-state index contributed by atoms with van der Waals surface area (Å²) < 4.78 is 26.2. The third kappa shape index (κ3) is 4.08. The fourth-order valence-corrected chi connectivity index (χ4v) is 3.71. The number of carbonyl (C=O) groups excluding carboxylic acids is 2. The smallest absolute Gasteiger partial charge is 0.269 e. The van der Waals surface area contributed by atoms with Gasteiger partial charge in [-0.05, 0) is 37.1 Å². The summed E-state index contributed by atoms with van der Waals surface area (Å²) in [4.78, 5) is 23.5. The monoisotopic (exact) mass is 339 g/mol. The summed E-state index contributed by atoms with van der Waals surface area (Å²) in [5, 5.41) is 0. The van der Waals surface area contributed by atoms with E-state index in [1.54, 1.807) is 13.8 Å². The molecule has 2 N–H and O–H groups in total. The molecule has 1 heterocycles. The number of nitrogens with zero attached hydrogens (tertiary/aromatic N) is 1. The normalized spacial score (nSPS) is 15.6. The van der Waals surface area contributed by atoms with Gasteiger partial charge in [-0.2, -0.15) is 4.31 Å². The summed E-state index contributed by atoms with van der Waals surface area (Å²) in [5.74, 6) is -1.04. The second-order valence-electron chi connectivity index (χ2n) is 5.73. The summed E-state index contributed by atoms with van der Waals surface area (Å²) in [6.45, 7) is 4.48. The second kappa shape index (κ2) is 7.10. The van der Waals surface area contributed by atoms with Crippen LogP contribution < -0.4 is 10.9 Å². The van der Waals surface area contributed by atoms with E-state index in [9.17, 15) is 18.0 Å². The zero-order valence-electron chi connectivity index (χ0n) is 13.2. The Bertz CT molecular complexity index is 677. The van der Waals surface area contributed by atoms with Crippen LogP contribution in [0.15, 0.2) is 29.2 Å². The first-order chi connectivity index (χ1) is 10.8. The Morgan fingerprint density at radius 2 is 1.61 bits per heavy atom. The van der Waals surface area contributed by atoms with Gasteiger partial charge < -0.3 is 0 Å². The van der Waals surface area contributed by atoms with Crippen LogP contribution in [-0.4, -0.2) is 37.6 Å². The maximum Gasteiger partial charge on any atom is 0.269 e. The number of amides is 2. The molecular formula is C15H21N3O4S. The minimum Gasteiger partial charge on any atom is -0.273 e. The molecule has 0 aliphatic carbocycles. The van der Waals surface area contributed by atoms with Crippen LogP contribution in [0.3, 0.4) is 0 Å². The number of hydrogen-bond acceptors (Lipinski definition) is 4. The third-order valence-corrected chi connectivity index (χ3v) is 5.56. The topological polar surface area (TPSA) is 95.6 Å². The van der Waals surface area contributed by atoms with E-state index in [0.717, 1.165) is 12.8 Å². The lowest BCUT2D eigenvalue weighted by Gasteiger charge is -2.15. The van der Waals surface area contributed by atoms with Crippen molar-refractivity contribution < 1.29 is 18.0 Å². The van der Waals surface area contributed by atoms with Crippen molar-refractivity contribution in [1.29, 1.82) is 0 Å². The van der Waals surface area contributed by atoms with Crippen LogP contribution in [0.4, 0.5) is 0 Å². The van der Waals surface area contributed by atoms with Crippen LogP contribution in [0.2, 0.25) is 0 Å². The molecule has 126 valence electrons. The molecule has 1 fully saturated rings. The van der Waals surface area contributed by atoms with Crippen LogP contribution in [0.1, 0.15) is 37.0 Å². The van der Waals surface area contributed by atoms with Crippen molar-refractivity contribution in [3.05, 3.63) is 29.8 Å². The van der Waals surface area contributed by atoms with Crippen LogP contribution >= 0.6 is 0 Å². The molecule has 1 aromatic carbocycles. The molecular weight excluding hydrogens is 318 g/mol. The summed E-state index contributed by atoms with van der Waals surface area (Å²) in [6, 6.07) is 5.68. The molecule has 0 saturated carbocycles. The van der Waals surface area contributed by atoms with Gasteiger partial charge in [0.25, 0.3) is 5.91 Å². The van der Waals surface area contributed by atoms with Gasteiger partial charge in [-0.3, -0.25) is 20.4 Å². The summed E-state index contributed by atoms with van der Waals surface area (Å²) in [5.41, 5.74) is 4.87. The van der Waals surface area contributed by atoms with Gasteiger partial charge >= 0.3 is 0 Å². The molecule has 2 amide bonds. The lowest BCUT2D eigenvalue weighted by molar-refractivity contribution is -0.124. The Balaban J connectivity index is 2.04. The molecule has 0 bridgehead atoms. The van der Waals surface area contributed by atoms with Crippen LogP contribution in [-0.2, 0) is 14.8 Å². The van der Waals surface area contributed by atoms with Gasteiger partial charge in [0, 0.05) is 24.6 Å². The molecule has 0 unspecified atom stereocenters. The van der Waals surface area contributed by atoms with Gasteiger partial charge in [0.05, 0.1) is 4.90 Å². The highest BCUT2D eigenvalue weighted by Gasteiger charge is 2.27. The molecule has 0 atom stereocenters. The van der Waals surface area contributed by atoms with E-state index in [1.807, 2.05) is 0 Å². The first-order valence-electron chi connectivity index (χ1n) is 7.53. The minimum atomic E-state index is -3.49. The van der Waals surface area contributed by atoms with Crippen LogP contribution in [0, 0.1) is 5.92 Å². The zero-order chi connectivity index (χ0) is 17.0. The molecule has 2 rings (SSSR count). The molecule has 0 aromatic heterocycles. The van der Waals surface area contributed by atoms with E-state index < -0.39 is 15.9 Å². The van der Waals surface area contributed by atoms with E-state index in [2.05, 4.69) is 10.9 Å². The average Bonchev–Trinajstić information content (AvgIpc) is 3.07. The van der Waals surface area contributed by atoms with Gasteiger partial charge in [0.2, 0.25) is 15.9 Å². The largest absolute Gasteiger partial charge is 0.273 e. The molecule has 0 spiro atoms. The van der Waals surface area contributed by atoms with Gasteiger partial charge in [0.1, 0.15) is 0 Å². The lowest BCUT2D eigenvalue weighted by atomic mass is 10.2. The molecule has 23 heavy (non-hydrogen) atoms. The minimum absolute atomic E-state index is 0.169. The van der Waals surface area contributed by atoms with E-state index >= 15 is 0 Å². The number of nitrogens with one attached hydrogen (secondary N) is 2. The van der Waals surface area contributed by atoms with Gasteiger partial charge in [0.15, 0.2) is 0 Å². The number of carbonyl (C=O) groups is 2. The summed E-state index contributed by atoms with van der Waals surface area (Å²) >= 11 is 0. The third-order valence-electron chi connectivity index (χ3n) is 3.64. The first-order valence-corrected chi connectivity index (χ1v) is 8.97. The highest BCUT2D eigenvalue weighted by molar-refractivity contribution is 7.89. The van der Waals surface area contributed by atoms with Crippen molar-refractivity contribution in [2.45, 2.75) is 31.6 Å². The van der Waals surface area contributed by atoms with Crippen molar-refractivity contribution >= 4 is 21.8 Å². The molecule has 1 aromatic rings. The molecule has 1 aliphatic rings. The quantitative estimate of drug-likeness (QED) is 0.796. The summed E-state index contributed by atoms with van der Waals surface area (Å²) in [6.07, 6.45) is 1.74. The molecule has 8 heteroatoms. The molecule has 0 radical (unpaired) electrons. The van der Waals surface area contributed by atoms with Crippen LogP contribution in [0.25, 0.3) is 0 Å². The van der Waals surface area contributed by atoms with Crippen molar-refractivity contribution in [2.75, 3.05) is 13.1 Å². The average molecular weight is 339 g/mol. The van der Waals surface area contributed by atoms with Crippen molar-refractivity contribution in [1.82, 2.24) is 15.2 Å². The Hall–Kier alpha value is -1.93. The van der Waals surface area contributed by atoms with Crippen LogP contribution in [0.5, 0.6) is 0 Å². The van der Waals surface area contributed by atoms with Crippen molar-refractivity contribution in [2.24, 2.45) is 5.92 Å². The lowest BCUT2D eigenvalue weighted by Crippen LogP contribution is -2.43. The second-order valence-corrected chi connectivity index (χ2v) is 7.67. The van der Waals surface area contributed by atoms with E-state index in [-0.39, 0.29) is 22.3 Å². The van der Waals surface area contributed by atoms with E-state index in [4.69, 9.17) is 0 Å². The molecule has 7 nitrogen and oxygen atoms in total. The maximum atomic E-state index is 12.4. The van der Waals surface area contributed by atoms with E-state index in [0.29, 0.717) is 13.1 Å². The maximum absolute atomic E-state index is 12.4. The predicted molar refractivity (Wildman–Crippen MR) is 84.9 cm³/mol. The Morgan fingerprint density at radius 3 is 2.13 bits per heavy atom. The van der Waals surface area contributed by atoms with Gasteiger partial charge in [-0.15, -0.1) is 0 Å². The number of hydrazine groups is 1. The first kappa shape index (κ1) is 17.4. The fourth-order valence-electron chi connectivity index (χ4n) is 2.19. The highest BCUT2D eigenvalue weighted by Crippen LogP contribution is 2.20. The standard InChI is InChI=1S/C15H21N3O4S/c1-11(2)14(19)16-17-15(20)12-5-7-13(8-6-12)23(21,22)18-9-3-4-10-18/h5-8,11H,3-4,9-10H2,1-2H3,(H,16,19)(H,17,20). The number of hydrogen-bond donors (Lipinski definition) is 2. The Labute approximate surface area is 136 Å². The Morgan fingerprint density at radius 1 is 1.04 bits per heavy atom. The van der Waals surface area contributed by atoms with Crippen molar-refractivity contribution in [3.8, 4) is 0 Å². The van der Waals surface area contributed by atoms with Gasteiger partial charge in [-0.25, -0.2) is 8.42 Å². The molecule has 1 aliphatic heterocycles. The molecule has 1 saturated heterocycles. The number of sulfonamides is 1. The Kier molecular flexibility index (Phi) is 5.38. The van der Waals surface area contributed by atoms with Gasteiger partial charge in [-0.1, -0.05) is 13.8 Å².